The van der Waals surface area contributed by atoms with E-state index in [4.69, 9.17) is 5.11 Å². The molecule has 1 unspecified atom stereocenters. The molecule has 0 aliphatic heterocycles. The Labute approximate surface area is 138 Å². The quantitative estimate of drug-likeness (QED) is 0.661. The summed E-state index contributed by atoms with van der Waals surface area (Å²) >= 11 is 0. The molecule has 0 saturated heterocycles. The highest BCUT2D eigenvalue weighted by atomic mass is 19.4. The lowest BCUT2D eigenvalue weighted by atomic mass is 9.94. The third-order valence-electron chi connectivity index (χ3n) is 3.38. The van der Waals surface area contributed by atoms with Crippen LogP contribution in [0.4, 0.5) is 18.0 Å². The molecule has 0 spiro atoms. The summed E-state index contributed by atoms with van der Waals surface area (Å²) in [4.78, 5) is 22.3. The summed E-state index contributed by atoms with van der Waals surface area (Å²) < 4.78 is 38.5. The first-order valence-corrected chi connectivity index (χ1v) is 7.54. The monoisotopic (exact) mass is 346 g/mol. The predicted octanol–water partition coefficient (Wildman–Crippen LogP) is 3.57. The molecule has 0 heterocycles. The van der Waals surface area contributed by atoms with Crippen LogP contribution in [0.5, 0.6) is 0 Å². The molecule has 1 aromatic carbocycles. The highest BCUT2D eigenvalue weighted by Gasteiger charge is 2.31. The molecule has 2 amide bonds. The van der Waals surface area contributed by atoms with Crippen molar-refractivity contribution in [2.24, 2.45) is 5.92 Å². The summed E-state index contributed by atoms with van der Waals surface area (Å²) in [7, 11) is 0. The van der Waals surface area contributed by atoms with Gasteiger partial charge in [-0.25, -0.2) is 4.79 Å². The number of alkyl halides is 3. The van der Waals surface area contributed by atoms with Crippen LogP contribution in [0.1, 0.15) is 43.9 Å². The maximum Gasteiger partial charge on any atom is 0.416 e. The maximum absolute atomic E-state index is 12.8. The highest BCUT2D eigenvalue weighted by molar-refractivity contribution is 5.74. The van der Waals surface area contributed by atoms with E-state index < -0.39 is 29.8 Å². The van der Waals surface area contributed by atoms with Gasteiger partial charge < -0.3 is 15.7 Å². The zero-order valence-electron chi connectivity index (χ0n) is 13.5. The molecule has 1 atom stereocenters. The molecule has 3 N–H and O–H groups in total. The first-order valence-electron chi connectivity index (χ1n) is 7.54. The van der Waals surface area contributed by atoms with Crippen LogP contribution in [0.25, 0.3) is 0 Å². The van der Waals surface area contributed by atoms with Crippen LogP contribution >= 0.6 is 0 Å². The molecule has 134 valence electrons. The van der Waals surface area contributed by atoms with Gasteiger partial charge in [0, 0.05) is 13.0 Å². The van der Waals surface area contributed by atoms with Crippen LogP contribution < -0.4 is 10.6 Å². The zero-order chi connectivity index (χ0) is 18.3. The number of rotatable bonds is 7. The zero-order valence-corrected chi connectivity index (χ0v) is 13.5. The third-order valence-corrected chi connectivity index (χ3v) is 3.38. The second kappa shape index (κ2) is 8.56. The average molecular weight is 346 g/mol. The number of aliphatic carboxylic acids is 1. The molecule has 0 saturated carbocycles. The van der Waals surface area contributed by atoms with Crippen LogP contribution in [0, 0.1) is 5.92 Å². The van der Waals surface area contributed by atoms with Crippen molar-refractivity contribution >= 4 is 12.0 Å². The minimum atomic E-state index is -4.45. The Balaban J connectivity index is 2.74. The van der Waals surface area contributed by atoms with E-state index in [0.29, 0.717) is 5.56 Å². The third kappa shape index (κ3) is 6.47. The van der Waals surface area contributed by atoms with E-state index in [2.05, 4.69) is 10.6 Å². The Kier molecular flexibility index (Phi) is 7.06. The fourth-order valence-corrected chi connectivity index (χ4v) is 2.18. The summed E-state index contributed by atoms with van der Waals surface area (Å²) in [6.07, 6.45) is -4.24. The summed E-state index contributed by atoms with van der Waals surface area (Å²) in [6, 6.07) is 3.70. The van der Waals surface area contributed by atoms with Crippen LogP contribution in [0.15, 0.2) is 24.3 Å². The van der Waals surface area contributed by atoms with E-state index in [0.717, 1.165) is 12.1 Å². The number of carboxylic acids is 1. The Morgan fingerprint density at radius 2 is 1.92 bits per heavy atom. The number of hydrogen-bond acceptors (Lipinski definition) is 2. The molecule has 0 fully saturated rings. The molecule has 24 heavy (non-hydrogen) atoms. The van der Waals surface area contributed by atoms with E-state index >= 15 is 0 Å². The number of benzene rings is 1. The summed E-state index contributed by atoms with van der Waals surface area (Å²) in [5, 5.41) is 13.7. The van der Waals surface area contributed by atoms with Crippen LogP contribution in [-0.2, 0) is 11.0 Å². The van der Waals surface area contributed by atoms with Crippen molar-refractivity contribution in [2.75, 3.05) is 6.54 Å². The summed E-state index contributed by atoms with van der Waals surface area (Å²) in [6.45, 7) is 3.75. The summed E-state index contributed by atoms with van der Waals surface area (Å²) in [5.74, 6) is -1.08. The largest absolute Gasteiger partial charge is 0.481 e. The number of carbonyl (C=O) groups is 2. The lowest BCUT2D eigenvalue weighted by Gasteiger charge is -2.24. The molecule has 8 heteroatoms. The topological polar surface area (TPSA) is 78.4 Å². The number of urea groups is 1. The van der Waals surface area contributed by atoms with Crippen LogP contribution in [0.2, 0.25) is 0 Å². The van der Waals surface area contributed by atoms with Crippen molar-refractivity contribution in [3.8, 4) is 0 Å². The van der Waals surface area contributed by atoms with Gasteiger partial charge in [0.05, 0.1) is 11.6 Å². The molecule has 0 aliphatic rings. The van der Waals surface area contributed by atoms with Crippen molar-refractivity contribution < 1.29 is 27.9 Å². The van der Waals surface area contributed by atoms with Gasteiger partial charge in [0.15, 0.2) is 0 Å². The average Bonchev–Trinajstić information content (AvgIpc) is 2.48. The minimum Gasteiger partial charge on any atom is -0.481 e. The van der Waals surface area contributed by atoms with E-state index in [9.17, 15) is 22.8 Å². The Morgan fingerprint density at radius 1 is 1.25 bits per heavy atom. The first kappa shape index (κ1) is 19.8. The molecule has 0 bridgehead atoms. The molecule has 1 aromatic rings. The fourth-order valence-electron chi connectivity index (χ4n) is 2.18. The normalized spacial score (nSPS) is 12.8. The SMILES string of the molecule is CC(C)C(NC(=O)NCCCC(=O)O)c1cccc(C(F)(F)F)c1. The molecule has 0 aromatic heterocycles. The number of amides is 2. The van der Waals surface area contributed by atoms with Gasteiger partial charge in [-0.15, -0.1) is 0 Å². The number of nitrogens with one attached hydrogen (secondary N) is 2. The molecule has 0 radical (unpaired) electrons. The Bertz CT molecular complexity index is 574. The molecular formula is C16H21F3N2O3. The van der Waals surface area contributed by atoms with Crippen molar-refractivity contribution in [1.29, 1.82) is 0 Å². The number of halogens is 3. The maximum atomic E-state index is 12.8. The Hall–Kier alpha value is -2.25. The minimum absolute atomic E-state index is 0.0679. The number of carbonyl (C=O) groups excluding carboxylic acids is 1. The molecule has 1 rings (SSSR count). The fraction of sp³-hybridized carbons (Fsp3) is 0.500. The van der Waals surface area contributed by atoms with Gasteiger partial charge in [-0.2, -0.15) is 13.2 Å². The Morgan fingerprint density at radius 3 is 2.46 bits per heavy atom. The molecule has 0 aliphatic carbocycles. The van der Waals surface area contributed by atoms with Gasteiger partial charge in [-0.3, -0.25) is 4.79 Å². The van der Waals surface area contributed by atoms with Gasteiger partial charge in [0.2, 0.25) is 0 Å². The van der Waals surface area contributed by atoms with Crippen LogP contribution in [0.3, 0.4) is 0 Å². The van der Waals surface area contributed by atoms with E-state index in [-0.39, 0.29) is 25.3 Å². The van der Waals surface area contributed by atoms with Gasteiger partial charge in [0.1, 0.15) is 0 Å². The lowest BCUT2D eigenvalue weighted by Crippen LogP contribution is -2.40. The number of hydrogen-bond donors (Lipinski definition) is 3. The summed E-state index contributed by atoms with van der Waals surface area (Å²) in [5.41, 5.74) is -0.408. The first-order chi connectivity index (χ1) is 11.1. The van der Waals surface area contributed by atoms with Crippen molar-refractivity contribution in [3.63, 3.8) is 0 Å². The van der Waals surface area contributed by atoms with Gasteiger partial charge in [0.25, 0.3) is 0 Å². The van der Waals surface area contributed by atoms with E-state index in [1.807, 2.05) is 0 Å². The van der Waals surface area contributed by atoms with Crippen molar-refractivity contribution in [3.05, 3.63) is 35.4 Å². The van der Waals surface area contributed by atoms with Crippen molar-refractivity contribution in [2.45, 2.75) is 38.9 Å². The number of carboxylic acid groups (broad SMARTS) is 1. The van der Waals surface area contributed by atoms with Crippen LogP contribution in [-0.4, -0.2) is 23.7 Å². The molecule has 5 nitrogen and oxygen atoms in total. The molecular weight excluding hydrogens is 325 g/mol. The second-order valence-corrected chi connectivity index (χ2v) is 5.74. The smallest absolute Gasteiger partial charge is 0.416 e. The van der Waals surface area contributed by atoms with Gasteiger partial charge in [-0.1, -0.05) is 26.0 Å². The van der Waals surface area contributed by atoms with E-state index in [1.165, 1.54) is 12.1 Å². The lowest BCUT2D eigenvalue weighted by molar-refractivity contribution is -0.138. The highest BCUT2D eigenvalue weighted by Crippen LogP contribution is 2.32. The van der Waals surface area contributed by atoms with E-state index in [1.54, 1.807) is 13.8 Å². The van der Waals surface area contributed by atoms with Gasteiger partial charge >= 0.3 is 18.2 Å². The predicted molar refractivity (Wildman–Crippen MR) is 82.4 cm³/mol. The van der Waals surface area contributed by atoms with Crippen molar-refractivity contribution in [1.82, 2.24) is 10.6 Å². The standard InChI is InChI=1S/C16H21F3N2O3/c1-10(2)14(21-15(24)20-8-4-7-13(22)23)11-5-3-6-12(9-11)16(17,18)19/h3,5-6,9-10,14H,4,7-8H2,1-2H3,(H,22,23)(H2,20,21,24). The second-order valence-electron chi connectivity index (χ2n) is 5.74. The van der Waals surface area contributed by atoms with Gasteiger partial charge in [-0.05, 0) is 30.0 Å².